The van der Waals surface area contributed by atoms with E-state index in [0.717, 1.165) is 19.3 Å². The molecule has 1 rings (SSSR count). The van der Waals surface area contributed by atoms with Crippen LogP contribution in [0.15, 0.2) is 18.2 Å². The van der Waals surface area contributed by atoms with Crippen LogP contribution in [0.4, 0.5) is 5.69 Å². The molecule has 1 aromatic carbocycles. The van der Waals surface area contributed by atoms with Gasteiger partial charge in [-0.3, -0.25) is 4.79 Å². The van der Waals surface area contributed by atoms with Crippen molar-refractivity contribution in [2.24, 2.45) is 0 Å². The number of benzene rings is 1. The van der Waals surface area contributed by atoms with Crippen LogP contribution in [0.25, 0.3) is 0 Å². The van der Waals surface area contributed by atoms with Crippen LogP contribution in [0, 0.1) is 12.3 Å². The maximum Gasteiger partial charge on any atom is 0.251 e. The zero-order valence-electron chi connectivity index (χ0n) is 11.2. The fourth-order valence-corrected chi connectivity index (χ4v) is 1.63. The van der Waals surface area contributed by atoms with Crippen LogP contribution in [0.1, 0.15) is 36.5 Å². The number of hydrogen-bond acceptors (Lipinski definition) is 3. The molecular formula is C15H20N2O2. The number of carbonyl (C=O) groups is 1. The predicted molar refractivity (Wildman–Crippen MR) is 77.0 cm³/mol. The van der Waals surface area contributed by atoms with Crippen LogP contribution in [-0.4, -0.2) is 19.1 Å². The lowest BCUT2D eigenvalue weighted by molar-refractivity contribution is 0.0953. The number of ether oxygens (including phenoxy) is 1. The summed E-state index contributed by atoms with van der Waals surface area (Å²) in [5.74, 6) is 3.05. The number of rotatable bonds is 7. The van der Waals surface area contributed by atoms with Crippen molar-refractivity contribution in [3.63, 3.8) is 0 Å². The Bertz CT molecular complexity index is 464. The summed E-state index contributed by atoms with van der Waals surface area (Å²) in [4.78, 5) is 11.9. The zero-order chi connectivity index (χ0) is 14.1. The van der Waals surface area contributed by atoms with Gasteiger partial charge in [0.25, 0.3) is 5.91 Å². The van der Waals surface area contributed by atoms with Crippen LogP contribution < -0.4 is 15.8 Å². The van der Waals surface area contributed by atoms with Crippen molar-refractivity contribution < 1.29 is 9.53 Å². The molecule has 1 aromatic rings. The number of carbonyl (C=O) groups excluding carboxylic acids is 1. The van der Waals surface area contributed by atoms with Crippen molar-refractivity contribution in [3.05, 3.63) is 23.8 Å². The first kappa shape index (κ1) is 14.9. The Labute approximate surface area is 114 Å². The molecule has 1 amide bonds. The highest BCUT2D eigenvalue weighted by Gasteiger charge is 2.08. The van der Waals surface area contributed by atoms with Gasteiger partial charge in [-0.05, 0) is 38.0 Å². The van der Waals surface area contributed by atoms with Crippen molar-refractivity contribution in [1.82, 2.24) is 5.32 Å². The van der Waals surface area contributed by atoms with E-state index in [1.807, 2.05) is 6.92 Å². The highest BCUT2D eigenvalue weighted by Crippen LogP contribution is 2.22. The van der Waals surface area contributed by atoms with Gasteiger partial charge >= 0.3 is 0 Å². The Morgan fingerprint density at radius 2 is 2.26 bits per heavy atom. The summed E-state index contributed by atoms with van der Waals surface area (Å²) in [7, 11) is 0. The first-order valence-electron chi connectivity index (χ1n) is 6.43. The summed E-state index contributed by atoms with van der Waals surface area (Å²) in [5, 5.41) is 2.83. The van der Waals surface area contributed by atoms with Crippen molar-refractivity contribution in [1.29, 1.82) is 0 Å². The molecule has 0 saturated heterocycles. The number of unbranched alkanes of at least 4 members (excludes halogenated alkanes) is 2. The van der Waals surface area contributed by atoms with Gasteiger partial charge in [-0.15, -0.1) is 12.3 Å². The Kier molecular flexibility index (Phi) is 6.31. The summed E-state index contributed by atoms with van der Waals surface area (Å²) < 4.78 is 5.32. The van der Waals surface area contributed by atoms with Gasteiger partial charge in [0.1, 0.15) is 5.75 Å². The molecule has 0 aliphatic carbocycles. The van der Waals surface area contributed by atoms with E-state index >= 15 is 0 Å². The van der Waals surface area contributed by atoms with Crippen molar-refractivity contribution in [2.45, 2.75) is 26.2 Å². The summed E-state index contributed by atoms with van der Waals surface area (Å²) in [6.45, 7) is 3.05. The van der Waals surface area contributed by atoms with Crippen molar-refractivity contribution in [3.8, 4) is 18.1 Å². The molecular weight excluding hydrogens is 240 g/mol. The topological polar surface area (TPSA) is 64.3 Å². The Balaban J connectivity index is 2.49. The minimum absolute atomic E-state index is 0.129. The number of terminal acetylenes is 1. The molecule has 0 radical (unpaired) electrons. The van der Waals surface area contributed by atoms with Gasteiger partial charge < -0.3 is 15.8 Å². The molecule has 0 aromatic heterocycles. The zero-order valence-corrected chi connectivity index (χ0v) is 11.2. The monoisotopic (exact) mass is 260 g/mol. The number of hydrogen-bond donors (Lipinski definition) is 2. The minimum Gasteiger partial charge on any atom is -0.492 e. The summed E-state index contributed by atoms with van der Waals surface area (Å²) >= 11 is 0. The molecule has 4 nitrogen and oxygen atoms in total. The quantitative estimate of drug-likeness (QED) is 0.449. The van der Waals surface area contributed by atoms with Gasteiger partial charge in [0, 0.05) is 18.5 Å². The number of nitrogens with two attached hydrogens (primary N) is 1. The fraction of sp³-hybridized carbons (Fsp3) is 0.400. The molecule has 0 aliphatic heterocycles. The third-order valence-electron chi connectivity index (χ3n) is 2.61. The molecule has 0 aliphatic rings. The predicted octanol–water partition coefficient (Wildman–Crippen LogP) is 2.20. The number of amides is 1. The largest absolute Gasteiger partial charge is 0.492 e. The van der Waals surface area contributed by atoms with E-state index in [4.69, 9.17) is 16.9 Å². The van der Waals surface area contributed by atoms with Crippen molar-refractivity contribution >= 4 is 11.6 Å². The SMILES string of the molecule is C#CCCCCNC(=O)c1ccc(OCC)c(N)c1. The second-order valence-electron chi connectivity index (χ2n) is 4.10. The van der Waals surface area contributed by atoms with Crippen LogP contribution in [-0.2, 0) is 0 Å². The lowest BCUT2D eigenvalue weighted by Gasteiger charge is -2.09. The van der Waals surface area contributed by atoms with E-state index in [9.17, 15) is 4.79 Å². The number of nitrogens with one attached hydrogen (secondary N) is 1. The van der Waals surface area contributed by atoms with Gasteiger partial charge in [0.05, 0.1) is 12.3 Å². The van der Waals surface area contributed by atoms with Crippen LogP contribution in [0.3, 0.4) is 0 Å². The second-order valence-corrected chi connectivity index (χ2v) is 4.10. The first-order chi connectivity index (χ1) is 9.19. The molecule has 0 heterocycles. The van der Waals surface area contributed by atoms with E-state index in [0.29, 0.717) is 30.2 Å². The normalized spacial score (nSPS) is 9.68. The Morgan fingerprint density at radius 1 is 1.47 bits per heavy atom. The number of anilines is 1. The molecule has 0 fully saturated rings. The molecule has 4 heteroatoms. The highest BCUT2D eigenvalue weighted by molar-refractivity contribution is 5.95. The molecule has 19 heavy (non-hydrogen) atoms. The molecule has 0 saturated carbocycles. The van der Waals surface area contributed by atoms with Crippen molar-refractivity contribution in [2.75, 3.05) is 18.9 Å². The standard InChI is InChI=1S/C15H20N2O2/c1-3-5-6-7-10-17-15(18)12-8-9-14(19-4-2)13(16)11-12/h1,8-9,11H,4-7,10,16H2,2H3,(H,17,18). The average molecular weight is 260 g/mol. The summed E-state index contributed by atoms with van der Waals surface area (Å²) in [6, 6.07) is 5.05. The van der Waals surface area contributed by atoms with Gasteiger partial charge in [-0.1, -0.05) is 0 Å². The van der Waals surface area contributed by atoms with Crippen LogP contribution >= 0.6 is 0 Å². The van der Waals surface area contributed by atoms with Gasteiger partial charge in [-0.2, -0.15) is 0 Å². The average Bonchev–Trinajstić information content (AvgIpc) is 2.41. The Morgan fingerprint density at radius 3 is 2.89 bits per heavy atom. The highest BCUT2D eigenvalue weighted by atomic mass is 16.5. The molecule has 0 bridgehead atoms. The minimum atomic E-state index is -0.129. The third kappa shape index (κ3) is 4.92. The molecule has 102 valence electrons. The van der Waals surface area contributed by atoms with Crippen LogP contribution in [0.2, 0.25) is 0 Å². The van der Waals surface area contributed by atoms with E-state index in [2.05, 4.69) is 11.2 Å². The van der Waals surface area contributed by atoms with Gasteiger partial charge in [0.15, 0.2) is 0 Å². The maximum absolute atomic E-state index is 11.9. The van der Waals surface area contributed by atoms with E-state index in [1.165, 1.54) is 0 Å². The van der Waals surface area contributed by atoms with Gasteiger partial charge in [0.2, 0.25) is 0 Å². The second kappa shape index (κ2) is 8.04. The summed E-state index contributed by atoms with van der Waals surface area (Å²) in [6.07, 6.45) is 7.69. The molecule has 0 atom stereocenters. The summed E-state index contributed by atoms with van der Waals surface area (Å²) in [5.41, 5.74) is 6.83. The van der Waals surface area contributed by atoms with E-state index < -0.39 is 0 Å². The molecule has 0 unspecified atom stereocenters. The fourth-order valence-electron chi connectivity index (χ4n) is 1.63. The lowest BCUT2D eigenvalue weighted by Crippen LogP contribution is -2.24. The van der Waals surface area contributed by atoms with Crippen LogP contribution in [0.5, 0.6) is 5.75 Å². The number of nitrogen functional groups attached to an aromatic ring is 1. The lowest BCUT2D eigenvalue weighted by atomic mass is 10.1. The maximum atomic E-state index is 11.9. The van der Waals surface area contributed by atoms with Gasteiger partial charge in [-0.25, -0.2) is 0 Å². The van der Waals surface area contributed by atoms with E-state index in [-0.39, 0.29) is 5.91 Å². The Hall–Kier alpha value is -2.15. The molecule has 3 N–H and O–H groups in total. The smallest absolute Gasteiger partial charge is 0.251 e. The van der Waals surface area contributed by atoms with E-state index in [1.54, 1.807) is 18.2 Å². The third-order valence-corrected chi connectivity index (χ3v) is 2.61. The first-order valence-corrected chi connectivity index (χ1v) is 6.43. The molecule has 0 spiro atoms.